The number of nitrogens with one attached hydrogen (secondary N) is 1. The second-order valence-corrected chi connectivity index (χ2v) is 4.94. The third-order valence-electron chi connectivity index (χ3n) is 1.91. The number of nitrogens with two attached hydrogens (primary N) is 1. The number of hydrogen-bond donors (Lipinski definition) is 2. The molecule has 5 heteroatoms. The number of hydrogen-bond acceptors (Lipinski definition) is 4. The highest BCUT2D eigenvalue weighted by atomic mass is 32.2. The molecule has 0 fully saturated rings. The molecule has 0 aliphatic heterocycles. The third-order valence-corrected chi connectivity index (χ3v) is 3.21. The van der Waals surface area contributed by atoms with Gasteiger partial charge in [-0.05, 0) is 19.1 Å². The van der Waals surface area contributed by atoms with E-state index in [-0.39, 0.29) is 5.25 Å². The van der Waals surface area contributed by atoms with Gasteiger partial charge in [0.2, 0.25) is 0 Å². The van der Waals surface area contributed by atoms with Crippen LogP contribution >= 0.6 is 0 Å². The second kappa shape index (κ2) is 4.95. The Morgan fingerprint density at radius 3 is 2.93 bits per heavy atom. The minimum absolute atomic E-state index is 0.109. The van der Waals surface area contributed by atoms with Crippen LogP contribution in [0.5, 0.6) is 0 Å². The number of nitrogens with zero attached hydrogens (tertiary/aromatic N) is 1. The monoisotopic (exact) mass is 213 g/mol. The molecular formula is C9H15N3OS. The SMILES string of the molecule is CC(CNc1cccc(N)n1)S(C)=O. The molecule has 0 bridgehead atoms. The van der Waals surface area contributed by atoms with Crippen molar-refractivity contribution in [3.8, 4) is 0 Å². The van der Waals surface area contributed by atoms with Crippen LogP contribution in [0, 0.1) is 0 Å². The van der Waals surface area contributed by atoms with Gasteiger partial charge in [-0.25, -0.2) is 4.98 Å². The number of rotatable bonds is 4. The van der Waals surface area contributed by atoms with E-state index in [2.05, 4.69) is 10.3 Å². The van der Waals surface area contributed by atoms with Crippen molar-refractivity contribution < 1.29 is 4.21 Å². The van der Waals surface area contributed by atoms with Gasteiger partial charge < -0.3 is 11.1 Å². The summed E-state index contributed by atoms with van der Waals surface area (Å²) in [5.41, 5.74) is 5.51. The molecule has 14 heavy (non-hydrogen) atoms. The van der Waals surface area contributed by atoms with Crippen LogP contribution in [0.1, 0.15) is 6.92 Å². The van der Waals surface area contributed by atoms with Crippen LogP contribution < -0.4 is 11.1 Å². The highest BCUT2D eigenvalue weighted by molar-refractivity contribution is 7.84. The molecule has 0 aliphatic rings. The summed E-state index contributed by atoms with van der Waals surface area (Å²) in [6.45, 7) is 2.56. The van der Waals surface area contributed by atoms with Crippen LogP contribution in [0.3, 0.4) is 0 Å². The Morgan fingerprint density at radius 2 is 2.36 bits per heavy atom. The maximum atomic E-state index is 11.1. The summed E-state index contributed by atoms with van der Waals surface area (Å²) in [6, 6.07) is 5.40. The number of pyridine rings is 1. The smallest absolute Gasteiger partial charge is 0.128 e. The molecule has 1 aromatic heterocycles. The highest BCUT2D eigenvalue weighted by Gasteiger charge is 2.05. The van der Waals surface area contributed by atoms with Crippen LogP contribution in [-0.4, -0.2) is 27.2 Å². The molecule has 0 aromatic carbocycles. The Morgan fingerprint density at radius 1 is 1.64 bits per heavy atom. The van der Waals surface area contributed by atoms with Crippen LogP contribution in [0.2, 0.25) is 0 Å². The van der Waals surface area contributed by atoms with Crippen LogP contribution in [0.4, 0.5) is 11.6 Å². The number of aromatic nitrogens is 1. The Balaban J connectivity index is 2.49. The van der Waals surface area contributed by atoms with Gasteiger partial charge in [0.05, 0.1) is 0 Å². The quantitative estimate of drug-likeness (QED) is 0.778. The van der Waals surface area contributed by atoms with E-state index < -0.39 is 10.8 Å². The Hall–Kier alpha value is -1.10. The minimum atomic E-state index is -0.811. The zero-order valence-electron chi connectivity index (χ0n) is 8.36. The molecule has 4 nitrogen and oxygen atoms in total. The van der Waals surface area contributed by atoms with E-state index in [1.807, 2.05) is 19.1 Å². The van der Waals surface area contributed by atoms with Crippen LogP contribution in [0.25, 0.3) is 0 Å². The fourth-order valence-corrected chi connectivity index (χ4v) is 1.23. The predicted molar refractivity (Wildman–Crippen MR) is 60.7 cm³/mol. The Bertz CT molecular complexity index is 330. The molecule has 78 valence electrons. The maximum Gasteiger partial charge on any atom is 0.128 e. The fraction of sp³-hybridized carbons (Fsp3) is 0.444. The lowest BCUT2D eigenvalue weighted by Gasteiger charge is -2.10. The largest absolute Gasteiger partial charge is 0.384 e. The summed E-state index contributed by atoms with van der Waals surface area (Å²) in [4.78, 5) is 4.07. The van der Waals surface area contributed by atoms with Gasteiger partial charge in [-0.3, -0.25) is 4.21 Å². The first-order chi connectivity index (χ1) is 6.59. The summed E-state index contributed by atoms with van der Waals surface area (Å²) in [6.07, 6.45) is 1.69. The zero-order chi connectivity index (χ0) is 10.6. The lowest BCUT2D eigenvalue weighted by atomic mass is 10.4. The first-order valence-electron chi connectivity index (χ1n) is 4.38. The molecule has 1 aromatic rings. The van der Waals surface area contributed by atoms with Crippen molar-refractivity contribution in [2.45, 2.75) is 12.2 Å². The molecule has 0 spiro atoms. The molecule has 0 radical (unpaired) electrons. The molecule has 0 saturated carbocycles. The van der Waals surface area contributed by atoms with Crippen molar-refractivity contribution in [2.24, 2.45) is 0 Å². The molecule has 1 rings (SSSR count). The normalized spacial score (nSPS) is 14.7. The lowest BCUT2D eigenvalue weighted by Crippen LogP contribution is -2.21. The van der Waals surface area contributed by atoms with Gasteiger partial charge in [-0.15, -0.1) is 0 Å². The molecule has 1 heterocycles. The van der Waals surface area contributed by atoms with Gasteiger partial charge >= 0.3 is 0 Å². The van der Waals surface area contributed by atoms with E-state index in [9.17, 15) is 4.21 Å². The molecule has 0 aliphatic carbocycles. The summed E-state index contributed by atoms with van der Waals surface area (Å²) in [5.74, 6) is 1.21. The van der Waals surface area contributed by atoms with Gasteiger partial charge in [0, 0.05) is 28.9 Å². The van der Waals surface area contributed by atoms with Crippen molar-refractivity contribution in [1.82, 2.24) is 4.98 Å². The zero-order valence-corrected chi connectivity index (χ0v) is 9.17. The minimum Gasteiger partial charge on any atom is -0.384 e. The fourth-order valence-electron chi connectivity index (χ4n) is 0.916. The average molecular weight is 213 g/mol. The van der Waals surface area contributed by atoms with Gasteiger partial charge in [-0.1, -0.05) is 6.07 Å². The van der Waals surface area contributed by atoms with Crippen LogP contribution in [0.15, 0.2) is 18.2 Å². The van der Waals surface area contributed by atoms with Gasteiger partial charge in [0.15, 0.2) is 0 Å². The summed E-state index contributed by atoms with van der Waals surface area (Å²) >= 11 is 0. The third kappa shape index (κ3) is 3.33. The van der Waals surface area contributed by atoms with Crippen molar-refractivity contribution in [3.05, 3.63) is 18.2 Å². The molecule has 3 N–H and O–H groups in total. The highest BCUT2D eigenvalue weighted by Crippen LogP contribution is 2.06. The molecule has 2 unspecified atom stereocenters. The Kier molecular flexibility index (Phi) is 3.88. The summed E-state index contributed by atoms with van der Waals surface area (Å²) in [7, 11) is -0.811. The lowest BCUT2D eigenvalue weighted by molar-refractivity contribution is 0.679. The predicted octanol–water partition coefficient (Wildman–Crippen LogP) is 0.843. The molecule has 0 amide bonds. The van der Waals surface area contributed by atoms with Gasteiger partial charge in [0.25, 0.3) is 0 Å². The van der Waals surface area contributed by atoms with E-state index in [0.29, 0.717) is 12.4 Å². The standard InChI is InChI=1S/C9H15N3OS/c1-7(14(2)13)6-11-9-5-3-4-8(10)12-9/h3-5,7H,6H2,1-2H3,(H3,10,11,12). The van der Waals surface area contributed by atoms with E-state index in [1.54, 1.807) is 12.3 Å². The van der Waals surface area contributed by atoms with E-state index >= 15 is 0 Å². The van der Waals surface area contributed by atoms with E-state index in [4.69, 9.17) is 5.73 Å². The van der Waals surface area contributed by atoms with E-state index in [1.165, 1.54) is 0 Å². The Labute approximate surface area is 86.4 Å². The van der Waals surface area contributed by atoms with Crippen molar-refractivity contribution in [2.75, 3.05) is 23.9 Å². The first-order valence-corrected chi connectivity index (χ1v) is 6.00. The van der Waals surface area contributed by atoms with Crippen molar-refractivity contribution >= 4 is 22.4 Å². The van der Waals surface area contributed by atoms with E-state index in [0.717, 1.165) is 5.82 Å². The number of anilines is 2. The van der Waals surface area contributed by atoms with Crippen LogP contribution in [-0.2, 0) is 10.8 Å². The molecular weight excluding hydrogens is 198 g/mol. The summed E-state index contributed by atoms with van der Waals surface area (Å²) < 4.78 is 11.1. The maximum absolute atomic E-state index is 11.1. The van der Waals surface area contributed by atoms with Gasteiger partial charge in [-0.2, -0.15) is 0 Å². The second-order valence-electron chi connectivity index (χ2n) is 3.14. The topological polar surface area (TPSA) is 68.0 Å². The number of nitrogen functional groups attached to an aromatic ring is 1. The van der Waals surface area contributed by atoms with Crippen molar-refractivity contribution in [1.29, 1.82) is 0 Å². The summed E-state index contributed by atoms with van der Waals surface area (Å²) in [5, 5.41) is 3.19. The molecule has 2 atom stereocenters. The average Bonchev–Trinajstić information content (AvgIpc) is 2.14. The first kappa shape index (κ1) is 11.0. The van der Waals surface area contributed by atoms with Crippen molar-refractivity contribution in [3.63, 3.8) is 0 Å². The van der Waals surface area contributed by atoms with Gasteiger partial charge in [0.1, 0.15) is 11.6 Å². The molecule has 0 saturated heterocycles.